The third kappa shape index (κ3) is 4.50. The molecule has 3 N–H and O–H groups in total. The molecule has 14 heteroatoms. The van der Waals surface area contributed by atoms with Gasteiger partial charge < -0.3 is 10.6 Å². The molecule has 0 amide bonds. The van der Waals surface area contributed by atoms with Crippen LogP contribution in [0.4, 0.5) is 24.7 Å². The molecule has 0 spiro atoms. The third-order valence-corrected chi connectivity index (χ3v) is 8.09. The van der Waals surface area contributed by atoms with Gasteiger partial charge in [0.05, 0.1) is 4.90 Å². The van der Waals surface area contributed by atoms with Gasteiger partial charge in [-0.3, -0.25) is 0 Å². The first-order valence-electron chi connectivity index (χ1n) is 9.11. The number of anilines is 2. The summed E-state index contributed by atoms with van der Waals surface area (Å²) < 4.78 is 84.6. The topological polar surface area (TPSA) is 133 Å². The molecule has 1 aromatic carbocycles. The predicted molar refractivity (Wildman–Crippen MR) is 111 cm³/mol. The monoisotopic (exact) mass is 488 g/mol. The lowest BCUT2D eigenvalue weighted by atomic mass is 10.1. The molecule has 2 aromatic rings. The molecule has 9 nitrogen and oxygen atoms in total. The molecule has 0 radical (unpaired) electrons. The minimum atomic E-state index is -5.18. The Morgan fingerprint density at radius 2 is 1.75 bits per heavy atom. The van der Waals surface area contributed by atoms with E-state index in [1.165, 1.54) is 28.6 Å². The van der Waals surface area contributed by atoms with Crippen LogP contribution in [0.2, 0.25) is 0 Å². The van der Waals surface area contributed by atoms with Crippen molar-refractivity contribution < 1.29 is 25.8 Å². The standard InChI is InChI=1S/C18H19F3N6O3S2/c1-2-3-14-12-26(32(29,30)17-9-8-16(22)24-25-17)10-11-27(14)13-4-6-15(7-5-13)31(23,28)18(19,20)21/h4-9,14,23H,10-12H2,1H3,(H2,22,24)/t14-,31+/m0/s1. The number of nitrogens with zero attached hydrogens (tertiary/aromatic N) is 4. The van der Waals surface area contributed by atoms with Gasteiger partial charge in [-0.2, -0.15) is 17.5 Å². The van der Waals surface area contributed by atoms with Gasteiger partial charge in [-0.05, 0) is 43.3 Å². The van der Waals surface area contributed by atoms with E-state index in [1.54, 1.807) is 11.8 Å². The molecule has 1 saturated heterocycles. The van der Waals surface area contributed by atoms with E-state index in [9.17, 15) is 25.8 Å². The molecule has 172 valence electrons. The number of rotatable bonds is 4. The first-order valence-corrected chi connectivity index (χ1v) is 12.1. The van der Waals surface area contributed by atoms with Gasteiger partial charge in [-0.1, -0.05) is 5.92 Å². The summed E-state index contributed by atoms with van der Waals surface area (Å²) in [5.41, 5.74) is 0.731. The van der Waals surface area contributed by atoms with Gasteiger partial charge in [-0.25, -0.2) is 17.4 Å². The number of nitrogen functional groups attached to an aromatic ring is 1. The fourth-order valence-electron chi connectivity index (χ4n) is 3.14. The maximum atomic E-state index is 12.9. The second-order valence-corrected chi connectivity index (χ2v) is 10.7. The molecule has 0 saturated carbocycles. The zero-order valence-corrected chi connectivity index (χ0v) is 18.3. The van der Waals surface area contributed by atoms with Crippen molar-refractivity contribution >= 4 is 31.3 Å². The smallest absolute Gasteiger partial charge is 0.382 e. The summed E-state index contributed by atoms with van der Waals surface area (Å²) in [6.45, 7) is 1.82. The third-order valence-electron chi connectivity index (χ3n) is 4.75. The molecular weight excluding hydrogens is 469 g/mol. The van der Waals surface area contributed by atoms with Crippen molar-refractivity contribution in [3.63, 3.8) is 0 Å². The highest BCUT2D eigenvalue weighted by atomic mass is 32.2. The lowest BCUT2D eigenvalue weighted by Gasteiger charge is -2.39. The van der Waals surface area contributed by atoms with Crippen molar-refractivity contribution in [2.24, 2.45) is 0 Å². The van der Waals surface area contributed by atoms with Crippen LogP contribution < -0.4 is 10.6 Å². The lowest BCUT2D eigenvalue weighted by molar-refractivity contribution is -0.0406. The number of aromatic nitrogens is 2. The van der Waals surface area contributed by atoms with Crippen LogP contribution >= 0.6 is 0 Å². The highest BCUT2D eigenvalue weighted by Gasteiger charge is 2.43. The lowest BCUT2D eigenvalue weighted by Crippen LogP contribution is -2.54. The summed E-state index contributed by atoms with van der Waals surface area (Å²) in [5.74, 6) is 5.71. The van der Waals surface area contributed by atoms with E-state index < -0.39 is 36.2 Å². The van der Waals surface area contributed by atoms with Gasteiger partial charge in [-0.15, -0.1) is 16.1 Å². The van der Waals surface area contributed by atoms with Crippen molar-refractivity contribution in [1.29, 1.82) is 4.78 Å². The zero-order valence-electron chi connectivity index (χ0n) is 16.7. The number of alkyl halides is 3. The van der Waals surface area contributed by atoms with Crippen molar-refractivity contribution in [2.75, 3.05) is 30.3 Å². The summed E-state index contributed by atoms with van der Waals surface area (Å²) in [6, 6.07) is 6.58. The molecule has 2 heterocycles. The summed E-state index contributed by atoms with van der Waals surface area (Å²) in [7, 11) is -8.92. The highest BCUT2D eigenvalue weighted by Crippen LogP contribution is 2.32. The zero-order chi connectivity index (χ0) is 23.7. The number of nitrogens with one attached hydrogen (secondary N) is 1. The number of hydrogen-bond donors (Lipinski definition) is 2. The Hall–Kier alpha value is -2.89. The molecule has 1 aromatic heterocycles. The summed E-state index contributed by atoms with van der Waals surface area (Å²) in [5, 5.41) is 6.94. The van der Waals surface area contributed by atoms with Crippen LogP contribution in [0.5, 0.6) is 0 Å². The van der Waals surface area contributed by atoms with Gasteiger partial charge in [0.15, 0.2) is 14.8 Å². The molecule has 0 bridgehead atoms. The fourth-order valence-corrected chi connectivity index (χ4v) is 5.23. The highest BCUT2D eigenvalue weighted by molar-refractivity contribution is 7.93. The fraction of sp³-hybridized carbons (Fsp3) is 0.333. The van der Waals surface area contributed by atoms with Crippen LogP contribution in [0.25, 0.3) is 0 Å². The van der Waals surface area contributed by atoms with Gasteiger partial charge in [0.2, 0.25) is 0 Å². The number of sulfonamides is 1. The molecule has 1 aliphatic rings. The van der Waals surface area contributed by atoms with E-state index in [0.29, 0.717) is 5.69 Å². The second-order valence-electron chi connectivity index (χ2n) is 6.76. The minimum Gasteiger partial charge on any atom is -0.382 e. The average Bonchev–Trinajstić information content (AvgIpc) is 2.73. The van der Waals surface area contributed by atoms with Gasteiger partial charge >= 0.3 is 5.51 Å². The minimum absolute atomic E-state index is 0.0191. The van der Waals surface area contributed by atoms with E-state index >= 15 is 0 Å². The average molecular weight is 489 g/mol. The maximum absolute atomic E-state index is 12.9. The Labute approximate surface area is 183 Å². The van der Waals surface area contributed by atoms with Crippen molar-refractivity contribution in [1.82, 2.24) is 14.5 Å². The van der Waals surface area contributed by atoms with E-state index in [1.807, 2.05) is 0 Å². The number of hydrogen-bond acceptors (Lipinski definition) is 8. The van der Waals surface area contributed by atoms with Crippen LogP contribution in [0.15, 0.2) is 46.3 Å². The van der Waals surface area contributed by atoms with Crippen molar-refractivity contribution in [2.45, 2.75) is 28.4 Å². The van der Waals surface area contributed by atoms with Crippen LogP contribution in [0.3, 0.4) is 0 Å². The Balaban J connectivity index is 1.86. The van der Waals surface area contributed by atoms with Crippen molar-refractivity contribution in [3.05, 3.63) is 36.4 Å². The summed E-state index contributed by atoms with van der Waals surface area (Å²) in [6.07, 6.45) is 0. The van der Waals surface area contributed by atoms with E-state index in [2.05, 4.69) is 22.0 Å². The Morgan fingerprint density at radius 3 is 2.28 bits per heavy atom. The Bertz CT molecular complexity index is 1250. The number of nitrogens with two attached hydrogens (primary N) is 1. The van der Waals surface area contributed by atoms with Gasteiger partial charge in [0, 0.05) is 25.3 Å². The SMILES string of the molecule is CC#C[C@H]1CN(S(=O)(=O)c2ccc(N)nn2)CCN1c1ccc([S@@](=N)(=O)C(F)(F)F)cc1. The molecule has 2 atom stereocenters. The number of piperazine rings is 1. The van der Waals surface area contributed by atoms with Crippen molar-refractivity contribution in [3.8, 4) is 11.8 Å². The van der Waals surface area contributed by atoms with Crippen LogP contribution in [0.1, 0.15) is 6.92 Å². The van der Waals surface area contributed by atoms with E-state index in [4.69, 9.17) is 10.5 Å². The molecule has 0 aliphatic carbocycles. The Kier molecular flexibility index (Phi) is 6.36. The van der Waals surface area contributed by atoms with Crippen LogP contribution in [-0.4, -0.2) is 58.3 Å². The van der Waals surface area contributed by atoms with Gasteiger partial charge in [0.1, 0.15) is 11.9 Å². The number of benzene rings is 1. The molecule has 3 rings (SSSR count). The predicted octanol–water partition coefficient (Wildman–Crippen LogP) is 1.89. The van der Waals surface area contributed by atoms with Crippen LogP contribution in [-0.2, 0) is 19.8 Å². The normalized spacial score (nSPS) is 19.6. The largest absolute Gasteiger partial charge is 0.483 e. The van der Waals surface area contributed by atoms with E-state index in [-0.39, 0.29) is 30.5 Å². The number of halogens is 3. The molecule has 0 unspecified atom stereocenters. The molecule has 1 fully saturated rings. The quantitative estimate of drug-likeness (QED) is 0.628. The first-order chi connectivity index (χ1) is 14.9. The van der Waals surface area contributed by atoms with Gasteiger partial charge in [0.25, 0.3) is 10.0 Å². The molecule has 1 aliphatic heterocycles. The summed E-state index contributed by atoms with van der Waals surface area (Å²) >= 11 is 0. The molecular formula is C18H19F3N6O3S2. The maximum Gasteiger partial charge on any atom is 0.483 e. The first kappa shape index (κ1) is 23.8. The Morgan fingerprint density at radius 1 is 1.09 bits per heavy atom. The van der Waals surface area contributed by atoms with Crippen LogP contribution in [0, 0.1) is 16.6 Å². The molecule has 32 heavy (non-hydrogen) atoms. The van der Waals surface area contributed by atoms with E-state index in [0.717, 1.165) is 12.1 Å². The summed E-state index contributed by atoms with van der Waals surface area (Å²) in [4.78, 5) is 1.08. The second kappa shape index (κ2) is 8.57.